The lowest BCUT2D eigenvalue weighted by atomic mass is 10.1. The Labute approximate surface area is 133 Å². The van der Waals surface area contributed by atoms with Crippen LogP contribution in [0, 0.1) is 6.92 Å². The van der Waals surface area contributed by atoms with Crippen LogP contribution in [0.15, 0.2) is 59.2 Å². The number of carbonyl (C=O) groups excluding carboxylic acids is 1. The van der Waals surface area contributed by atoms with Crippen molar-refractivity contribution in [2.45, 2.75) is 13.5 Å². The molecule has 0 aliphatic carbocycles. The van der Waals surface area contributed by atoms with E-state index in [2.05, 4.69) is 10.3 Å². The zero-order valence-corrected chi connectivity index (χ0v) is 12.6. The van der Waals surface area contributed by atoms with Gasteiger partial charge in [0.1, 0.15) is 6.26 Å². The van der Waals surface area contributed by atoms with Gasteiger partial charge in [-0.3, -0.25) is 4.79 Å². The van der Waals surface area contributed by atoms with E-state index in [1.165, 1.54) is 6.26 Å². The number of aliphatic hydroxyl groups is 1. The van der Waals surface area contributed by atoms with E-state index in [4.69, 9.17) is 4.42 Å². The molecule has 2 N–H and O–H groups in total. The van der Waals surface area contributed by atoms with Gasteiger partial charge in [0.05, 0.1) is 6.61 Å². The standard InChI is InChI=1S/C18H16N2O3/c1-12-7-8-13(10-21)9-15(12)19-17(22)16-11-23-18(20-16)14-5-3-2-4-6-14/h2-9,11,21H,10H2,1H3,(H,19,22). The van der Waals surface area contributed by atoms with Crippen molar-refractivity contribution in [2.24, 2.45) is 0 Å². The number of amides is 1. The van der Waals surface area contributed by atoms with Gasteiger partial charge in [0.2, 0.25) is 5.89 Å². The van der Waals surface area contributed by atoms with Crippen molar-refractivity contribution in [1.82, 2.24) is 4.98 Å². The highest BCUT2D eigenvalue weighted by Gasteiger charge is 2.14. The summed E-state index contributed by atoms with van der Waals surface area (Å²) in [4.78, 5) is 16.5. The Kier molecular flexibility index (Phi) is 4.21. The molecule has 0 bridgehead atoms. The molecule has 0 radical (unpaired) electrons. The van der Waals surface area contributed by atoms with Crippen molar-refractivity contribution >= 4 is 11.6 Å². The quantitative estimate of drug-likeness (QED) is 0.774. The van der Waals surface area contributed by atoms with Crippen LogP contribution in [-0.4, -0.2) is 16.0 Å². The average Bonchev–Trinajstić information content (AvgIpc) is 3.08. The minimum atomic E-state index is -0.353. The van der Waals surface area contributed by atoms with Gasteiger partial charge in [0.25, 0.3) is 5.91 Å². The van der Waals surface area contributed by atoms with Crippen molar-refractivity contribution in [3.8, 4) is 11.5 Å². The number of anilines is 1. The highest BCUT2D eigenvalue weighted by atomic mass is 16.3. The number of benzene rings is 2. The molecule has 0 aliphatic heterocycles. The average molecular weight is 308 g/mol. The van der Waals surface area contributed by atoms with Gasteiger partial charge in [-0.25, -0.2) is 4.98 Å². The Balaban J connectivity index is 1.81. The summed E-state index contributed by atoms with van der Waals surface area (Å²) >= 11 is 0. The van der Waals surface area contributed by atoms with Gasteiger partial charge in [-0.1, -0.05) is 30.3 Å². The summed E-state index contributed by atoms with van der Waals surface area (Å²) in [5, 5.41) is 12.0. The van der Waals surface area contributed by atoms with Crippen LogP contribution >= 0.6 is 0 Å². The lowest BCUT2D eigenvalue weighted by Crippen LogP contribution is -2.13. The Morgan fingerprint density at radius 1 is 1.22 bits per heavy atom. The second-order valence-corrected chi connectivity index (χ2v) is 5.17. The summed E-state index contributed by atoms with van der Waals surface area (Å²) < 4.78 is 5.37. The Bertz CT molecular complexity index is 825. The van der Waals surface area contributed by atoms with Crippen molar-refractivity contribution in [3.63, 3.8) is 0 Å². The van der Waals surface area contributed by atoms with E-state index in [9.17, 15) is 9.90 Å². The minimum absolute atomic E-state index is 0.0781. The fourth-order valence-electron chi connectivity index (χ4n) is 2.18. The molecule has 0 atom stereocenters. The summed E-state index contributed by atoms with van der Waals surface area (Å²) in [5.41, 5.74) is 3.30. The van der Waals surface area contributed by atoms with E-state index >= 15 is 0 Å². The molecule has 3 aromatic rings. The number of nitrogens with one attached hydrogen (secondary N) is 1. The third-order valence-electron chi connectivity index (χ3n) is 3.49. The number of aliphatic hydroxyl groups excluding tert-OH is 1. The molecule has 116 valence electrons. The first-order valence-electron chi connectivity index (χ1n) is 7.20. The van der Waals surface area contributed by atoms with Crippen LogP contribution in [0.2, 0.25) is 0 Å². The summed E-state index contributed by atoms with van der Waals surface area (Å²) in [5.74, 6) is 0.0469. The first kappa shape index (κ1) is 15.0. The Morgan fingerprint density at radius 3 is 2.74 bits per heavy atom. The van der Waals surface area contributed by atoms with Gasteiger partial charge in [-0.2, -0.15) is 0 Å². The molecular weight excluding hydrogens is 292 g/mol. The maximum absolute atomic E-state index is 12.3. The Morgan fingerprint density at radius 2 is 2.00 bits per heavy atom. The number of carbonyl (C=O) groups is 1. The van der Waals surface area contributed by atoms with Crippen molar-refractivity contribution in [3.05, 3.63) is 71.6 Å². The molecule has 1 heterocycles. The van der Waals surface area contributed by atoms with E-state index in [1.807, 2.05) is 49.4 Å². The number of oxazole rings is 1. The summed E-state index contributed by atoms with van der Waals surface area (Å²) in [6, 6.07) is 14.8. The third kappa shape index (κ3) is 3.30. The third-order valence-corrected chi connectivity index (χ3v) is 3.49. The predicted octanol–water partition coefficient (Wildman–Crippen LogP) is 3.39. The normalized spacial score (nSPS) is 10.5. The van der Waals surface area contributed by atoms with Gasteiger partial charge in [-0.15, -0.1) is 0 Å². The van der Waals surface area contributed by atoms with E-state index in [-0.39, 0.29) is 18.2 Å². The smallest absolute Gasteiger partial charge is 0.277 e. The van der Waals surface area contributed by atoms with Gasteiger partial charge < -0.3 is 14.8 Å². The molecule has 0 aliphatic rings. The molecule has 0 fully saturated rings. The van der Waals surface area contributed by atoms with Crippen LogP contribution < -0.4 is 5.32 Å². The lowest BCUT2D eigenvalue weighted by Gasteiger charge is -2.08. The van der Waals surface area contributed by atoms with Crippen LogP contribution in [0.1, 0.15) is 21.6 Å². The highest BCUT2D eigenvalue weighted by molar-refractivity contribution is 6.03. The fraction of sp³-hybridized carbons (Fsp3) is 0.111. The van der Waals surface area contributed by atoms with Crippen LogP contribution in [0.4, 0.5) is 5.69 Å². The first-order chi connectivity index (χ1) is 11.2. The molecule has 5 nitrogen and oxygen atoms in total. The number of aryl methyl sites for hydroxylation is 1. The number of aromatic nitrogens is 1. The number of hydrogen-bond donors (Lipinski definition) is 2. The number of hydrogen-bond acceptors (Lipinski definition) is 4. The highest BCUT2D eigenvalue weighted by Crippen LogP contribution is 2.20. The van der Waals surface area contributed by atoms with E-state index in [0.717, 1.165) is 16.7 Å². The second-order valence-electron chi connectivity index (χ2n) is 5.17. The van der Waals surface area contributed by atoms with E-state index in [0.29, 0.717) is 11.6 Å². The monoisotopic (exact) mass is 308 g/mol. The molecule has 3 rings (SSSR count). The molecule has 2 aromatic carbocycles. The molecule has 5 heteroatoms. The van der Waals surface area contributed by atoms with Gasteiger partial charge in [0.15, 0.2) is 5.69 Å². The van der Waals surface area contributed by atoms with E-state index in [1.54, 1.807) is 6.07 Å². The molecule has 0 saturated carbocycles. The lowest BCUT2D eigenvalue weighted by molar-refractivity contribution is 0.102. The fourth-order valence-corrected chi connectivity index (χ4v) is 2.18. The molecule has 0 saturated heterocycles. The predicted molar refractivity (Wildman–Crippen MR) is 87.0 cm³/mol. The topological polar surface area (TPSA) is 75.4 Å². The Hall–Kier alpha value is -2.92. The summed E-state index contributed by atoms with van der Waals surface area (Å²) in [7, 11) is 0. The first-order valence-corrected chi connectivity index (χ1v) is 7.20. The molecule has 1 amide bonds. The molecule has 0 spiro atoms. The largest absolute Gasteiger partial charge is 0.444 e. The summed E-state index contributed by atoms with van der Waals surface area (Å²) in [6.07, 6.45) is 1.34. The van der Waals surface area contributed by atoms with Crippen molar-refractivity contribution in [2.75, 3.05) is 5.32 Å². The zero-order chi connectivity index (χ0) is 16.2. The minimum Gasteiger partial charge on any atom is -0.444 e. The van der Waals surface area contributed by atoms with Crippen molar-refractivity contribution in [1.29, 1.82) is 0 Å². The van der Waals surface area contributed by atoms with Gasteiger partial charge >= 0.3 is 0 Å². The SMILES string of the molecule is Cc1ccc(CO)cc1NC(=O)c1coc(-c2ccccc2)n1. The van der Waals surface area contributed by atoms with Gasteiger partial charge in [0, 0.05) is 11.3 Å². The van der Waals surface area contributed by atoms with Crippen LogP contribution in [0.25, 0.3) is 11.5 Å². The maximum Gasteiger partial charge on any atom is 0.277 e. The van der Waals surface area contributed by atoms with Crippen molar-refractivity contribution < 1.29 is 14.3 Å². The van der Waals surface area contributed by atoms with Crippen LogP contribution in [-0.2, 0) is 6.61 Å². The number of rotatable bonds is 4. The number of nitrogens with zero attached hydrogens (tertiary/aromatic N) is 1. The van der Waals surface area contributed by atoms with Crippen LogP contribution in [0.5, 0.6) is 0 Å². The second kappa shape index (κ2) is 6.46. The van der Waals surface area contributed by atoms with Gasteiger partial charge in [-0.05, 0) is 36.2 Å². The summed E-state index contributed by atoms with van der Waals surface area (Å²) in [6.45, 7) is 1.81. The molecule has 1 aromatic heterocycles. The van der Waals surface area contributed by atoms with E-state index < -0.39 is 0 Å². The molecule has 0 unspecified atom stereocenters. The van der Waals surface area contributed by atoms with Crippen LogP contribution in [0.3, 0.4) is 0 Å². The molecule has 23 heavy (non-hydrogen) atoms. The molecular formula is C18H16N2O3. The zero-order valence-electron chi connectivity index (χ0n) is 12.6. The maximum atomic E-state index is 12.3.